The molecular formula is C13H19NO2S. The van der Waals surface area contributed by atoms with E-state index in [1.807, 2.05) is 0 Å². The minimum Gasteiger partial charge on any atom is -0.493 e. The van der Waals surface area contributed by atoms with Gasteiger partial charge in [-0.05, 0) is 43.3 Å². The molecule has 1 aromatic rings. The van der Waals surface area contributed by atoms with Crippen LogP contribution in [0.15, 0.2) is 17.0 Å². The van der Waals surface area contributed by atoms with Gasteiger partial charge in [-0.2, -0.15) is 0 Å². The van der Waals surface area contributed by atoms with Crippen LogP contribution in [0.5, 0.6) is 11.5 Å². The Morgan fingerprint density at radius 3 is 2.47 bits per heavy atom. The second-order valence-corrected chi connectivity index (χ2v) is 4.95. The third-order valence-corrected chi connectivity index (χ3v) is 3.97. The molecule has 1 unspecified atom stereocenters. The Labute approximate surface area is 107 Å². The molecule has 1 atom stereocenters. The van der Waals surface area contributed by atoms with Crippen molar-refractivity contribution in [2.45, 2.75) is 23.8 Å². The molecule has 1 saturated heterocycles. The van der Waals surface area contributed by atoms with Crippen molar-refractivity contribution in [3.8, 4) is 11.5 Å². The molecule has 2 rings (SSSR count). The number of hydrogen-bond donors (Lipinski definition) is 1. The SMILES string of the molecule is COc1cc(SC)c(C2CCCN2)cc1OC. The van der Waals surface area contributed by atoms with Crippen LogP contribution in [0.4, 0.5) is 0 Å². The molecule has 1 heterocycles. The highest BCUT2D eigenvalue weighted by Crippen LogP contribution is 2.39. The predicted molar refractivity (Wildman–Crippen MR) is 71.3 cm³/mol. The van der Waals surface area contributed by atoms with Gasteiger partial charge in [0.15, 0.2) is 11.5 Å². The first kappa shape index (κ1) is 12.6. The fraction of sp³-hybridized carbons (Fsp3) is 0.538. The van der Waals surface area contributed by atoms with Crippen molar-refractivity contribution < 1.29 is 9.47 Å². The molecule has 0 saturated carbocycles. The lowest BCUT2D eigenvalue weighted by atomic mass is 10.0. The molecule has 1 aliphatic heterocycles. The first-order chi connectivity index (χ1) is 8.30. The number of rotatable bonds is 4. The van der Waals surface area contributed by atoms with Gasteiger partial charge < -0.3 is 14.8 Å². The summed E-state index contributed by atoms with van der Waals surface area (Å²) in [6, 6.07) is 4.63. The summed E-state index contributed by atoms with van der Waals surface area (Å²) in [7, 11) is 3.36. The van der Waals surface area contributed by atoms with Crippen LogP contribution in [-0.2, 0) is 0 Å². The first-order valence-corrected chi connectivity index (χ1v) is 7.06. The van der Waals surface area contributed by atoms with Crippen LogP contribution in [-0.4, -0.2) is 27.0 Å². The first-order valence-electron chi connectivity index (χ1n) is 5.83. The van der Waals surface area contributed by atoms with Gasteiger partial charge in [0.1, 0.15) is 0 Å². The number of nitrogens with one attached hydrogen (secondary N) is 1. The fourth-order valence-electron chi connectivity index (χ4n) is 2.28. The standard InChI is InChI=1S/C13H19NO2S/c1-15-11-7-9(10-5-4-6-14-10)13(17-3)8-12(11)16-2/h7-8,10,14H,4-6H2,1-3H3. The summed E-state index contributed by atoms with van der Waals surface area (Å²) in [5, 5.41) is 3.53. The molecule has 0 spiro atoms. The molecule has 0 aromatic heterocycles. The van der Waals surface area contributed by atoms with Gasteiger partial charge in [-0.3, -0.25) is 0 Å². The molecule has 1 aromatic carbocycles. The van der Waals surface area contributed by atoms with Crippen molar-refractivity contribution in [1.82, 2.24) is 5.32 Å². The molecule has 1 N–H and O–H groups in total. The summed E-state index contributed by atoms with van der Waals surface area (Å²) in [6.07, 6.45) is 4.54. The normalized spacial score (nSPS) is 19.4. The minimum atomic E-state index is 0.456. The van der Waals surface area contributed by atoms with E-state index in [1.165, 1.54) is 23.3 Å². The molecule has 0 bridgehead atoms. The number of hydrogen-bond acceptors (Lipinski definition) is 4. The van der Waals surface area contributed by atoms with Gasteiger partial charge in [0.2, 0.25) is 0 Å². The summed E-state index contributed by atoms with van der Waals surface area (Å²) >= 11 is 1.76. The monoisotopic (exact) mass is 253 g/mol. The van der Waals surface area contributed by atoms with Crippen LogP contribution in [0.25, 0.3) is 0 Å². The van der Waals surface area contributed by atoms with Crippen LogP contribution in [0, 0.1) is 0 Å². The Kier molecular flexibility index (Phi) is 4.18. The highest BCUT2D eigenvalue weighted by Gasteiger charge is 2.21. The van der Waals surface area contributed by atoms with Crippen LogP contribution in [0.2, 0.25) is 0 Å². The van der Waals surface area contributed by atoms with E-state index in [-0.39, 0.29) is 0 Å². The Morgan fingerprint density at radius 2 is 1.94 bits per heavy atom. The van der Waals surface area contributed by atoms with E-state index < -0.39 is 0 Å². The minimum absolute atomic E-state index is 0.456. The van der Waals surface area contributed by atoms with Gasteiger partial charge in [0.25, 0.3) is 0 Å². The lowest BCUT2D eigenvalue weighted by molar-refractivity contribution is 0.352. The molecule has 1 aliphatic rings. The van der Waals surface area contributed by atoms with Gasteiger partial charge >= 0.3 is 0 Å². The lowest BCUT2D eigenvalue weighted by Crippen LogP contribution is -2.14. The van der Waals surface area contributed by atoms with Gasteiger partial charge in [-0.1, -0.05) is 0 Å². The topological polar surface area (TPSA) is 30.5 Å². The quantitative estimate of drug-likeness (QED) is 0.836. The summed E-state index contributed by atoms with van der Waals surface area (Å²) in [4.78, 5) is 1.27. The molecule has 4 heteroatoms. The second-order valence-electron chi connectivity index (χ2n) is 4.10. The molecule has 0 amide bonds. The average molecular weight is 253 g/mol. The number of thioether (sulfide) groups is 1. The van der Waals surface area contributed by atoms with Crippen molar-refractivity contribution in [3.05, 3.63) is 17.7 Å². The third kappa shape index (κ3) is 2.53. The van der Waals surface area contributed by atoms with Gasteiger partial charge in [-0.15, -0.1) is 11.8 Å². The second kappa shape index (κ2) is 5.65. The third-order valence-electron chi connectivity index (χ3n) is 3.17. The van der Waals surface area contributed by atoms with Crippen LogP contribution in [0.3, 0.4) is 0 Å². The Bertz CT molecular complexity index is 389. The molecule has 3 nitrogen and oxygen atoms in total. The van der Waals surface area contributed by atoms with Gasteiger partial charge in [-0.25, -0.2) is 0 Å². The van der Waals surface area contributed by atoms with E-state index in [4.69, 9.17) is 9.47 Å². The lowest BCUT2D eigenvalue weighted by Gasteiger charge is -2.18. The maximum absolute atomic E-state index is 5.37. The highest BCUT2D eigenvalue weighted by molar-refractivity contribution is 7.98. The zero-order valence-electron chi connectivity index (χ0n) is 10.6. The number of methoxy groups -OCH3 is 2. The Morgan fingerprint density at radius 1 is 1.24 bits per heavy atom. The van der Waals surface area contributed by atoms with Gasteiger partial charge in [0.05, 0.1) is 14.2 Å². The Hall–Kier alpha value is -0.870. The van der Waals surface area contributed by atoms with Crippen LogP contribution >= 0.6 is 11.8 Å². The maximum atomic E-state index is 5.37. The van der Waals surface area contributed by atoms with Gasteiger partial charge in [0, 0.05) is 10.9 Å². The van der Waals surface area contributed by atoms with E-state index in [0.29, 0.717) is 6.04 Å². The van der Waals surface area contributed by atoms with Crippen molar-refractivity contribution >= 4 is 11.8 Å². The van der Waals surface area contributed by atoms with E-state index >= 15 is 0 Å². The maximum Gasteiger partial charge on any atom is 0.161 e. The highest BCUT2D eigenvalue weighted by atomic mass is 32.2. The van der Waals surface area contributed by atoms with E-state index in [0.717, 1.165) is 18.0 Å². The van der Waals surface area contributed by atoms with Crippen molar-refractivity contribution in [2.24, 2.45) is 0 Å². The zero-order valence-corrected chi connectivity index (χ0v) is 11.4. The average Bonchev–Trinajstić information content (AvgIpc) is 2.90. The Balaban J connectivity index is 2.41. The van der Waals surface area contributed by atoms with Crippen LogP contribution < -0.4 is 14.8 Å². The van der Waals surface area contributed by atoms with Crippen molar-refractivity contribution in [3.63, 3.8) is 0 Å². The zero-order chi connectivity index (χ0) is 12.3. The predicted octanol–water partition coefficient (Wildman–Crippen LogP) is 2.85. The van der Waals surface area contributed by atoms with E-state index in [2.05, 4.69) is 23.7 Å². The van der Waals surface area contributed by atoms with Crippen molar-refractivity contribution in [1.29, 1.82) is 0 Å². The molecule has 0 radical (unpaired) electrons. The fourth-order valence-corrected chi connectivity index (χ4v) is 2.94. The summed E-state index contributed by atoms with van der Waals surface area (Å²) in [6.45, 7) is 1.10. The van der Waals surface area contributed by atoms with E-state index in [9.17, 15) is 0 Å². The number of benzene rings is 1. The van der Waals surface area contributed by atoms with Crippen LogP contribution in [0.1, 0.15) is 24.4 Å². The summed E-state index contributed by atoms with van der Waals surface area (Å²) in [5.41, 5.74) is 1.33. The largest absolute Gasteiger partial charge is 0.493 e. The molecule has 0 aliphatic carbocycles. The molecule has 17 heavy (non-hydrogen) atoms. The van der Waals surface area contributed by atoms with E-state index in [1.54, 1.807) is 26.0 Å². The molecule has 1 fully saturated rings. The smallest absolute Gasteiger partial charge is 0.161 e. The molecule has 94 valence electrons. The van der Waals surface area contributed by atoms with Crippen molar-refractivity contribution in [2.75, 3.05) is 27.0 Å². The number of ether oxygens (including phenoxy) is 2. The molecular weight excluding hydrogens is 234 g/mol. The summed E-state index contributed by atoms with van der Waals surface area (Å²) in [5.74, 6) is 1.62. The summed E-state index contributed by atoms with van der Waals surface area (Å²) < 4.78 is 10.7.